The lowest BCUT2D eigenvalue weighted by Gasteiger charge is -2.21. The van der Waals surface area contributed by atoms with Gasteiger partial charge < -0.3 is 5.73 Å². The first kappa shape index (κ1) is 13.3. The summed E-state index contributed by atoms with van der Waals surface area (Å²) in [6.45, 7) is 2.04. The van der Waals surface area contributed by atoms with E-state index in [0.717, 1.165) is 6.42 Å². The highest BCUT2D eigenvalue weighted by Crippen LogP contribution is 2.23. The summed E-state index contributed by atoms with van der Waals surface area (Å²) in [5.41, 5.74) is 9.29. The number of benzene rings is 2. The lowest BCUT2D eigenvalue weighted by atomic mass is 9.87. The summed E-state index contributed by atoms with van der Waals surface area (Å²) >= 11 is 0. The number of hydrogen-bond donors (Lipinski definition) is 1. The van der Waals surface area contributed by atoms with Gasteiger partial charge in [0.2, 0.25) is 0 Å². The van der Waals surface area contributed by atoms with E-state index in [2.05, 4.69) is 18.2 Å². The van der Waals surface area contributed by atoms with Crippen LogP contribution in [0.1, 0.15) is 29.5 Å². The van der Waals surface area contributed by atoms with E-state index in [-0.39, 0.29) is 6.04 Å². The molecular weight excluding hydrogens is 232 g/mol. The lowest BCUT2D eigenvalue weighted by molar-refractivity contribution is 0.565. The number of rotatable bonds is 4. The van der Waals surface area contributed by atoms with Crippen molar-refractivity contribution in [1.29, 1.82) is 5.26 Å². The summed E-state index contributed by atoms with van der Waals surface area (Å²) in [4.78, 5) is 0. The topological polar surface area (TPSA) is 49.8 Å². The first-order valence-corrected chi connectivity index (χ1v) is 6.50. The van der Waals surface area contributed by atoms with Gasteiger partial charge in [0.15, 0.2) is 0 Å². The van der Waals surface area contributed by atoms with Gasteiger partial charge in [-0.25, -0.2) is 0 Å². The van der Waals surface area contributed by atoms with Crippen molar-refractivity contribution in [3.05, 3.63) is 71.3 Å². The summed E-state index contributed by atoms with van der Waals surface area (Å²) in [5, 5.41) is 8.81. The molecule has 2 heteroatoms. The van der Waals surface area contributed by atoms with Crippen LogP contribution in [0.2, 0.25) is 0 Å². The zero-order chi connectivity index (χ0) is 13.7. The number of nitriles is 1. The van der Waals surface area contributed by atoms with E-state index in [9.17, 15) is 0 Å². The van der Waals surface area contributed by atoms with E-state index in [1.807, 2.05) is 49.4 Å². The molecule has 2 N–H and O–H groups in total. The molecule has 0 aliphatic rings. The molecule has 2 unspecified atom stereocenters. The number of hydrogen-bond acceptors (Lipinski definition) is 2. The Bertz CT molecular complexity index is 550. The van der Waals surface area contributed by atoms with Crippen molar-refractivity contribution in [2.24, 2.45) is 5.73 Å². The van der Waals surface area contributed by atoms with Crippen LogP contribution in [0, 0.1) is 11.3 Å². The fraction of sp³-hybridized carbons (Fsp3) is 0.235. The molecule has 0 aliphatic carbocycles. The maximum absolute atomic E-state index is 8.81. The maximum Gasteiger partial charge on any atom is 0.0991 e. The van der Waals surface area contributed by atoms with Crippen LogP contribution in [0.5, 0.6) is 0 Å². The second-order valence-corrected chi connectivity index (χ2v) is 4.89. The minimum Gasteiger partial charge on any atom is -0.327 e. The number of nitrogens with two attached hydrogens (primary N) is 1. The van der Waals surface area contributed by atoms with E-state index in [4.69, 9.17) is 11.0 Å². The molecule has 19 heavy (non-hydrogen) atoms. The monoisotopic (exact) mass is 250 g/mol. The van der Waals surface area contributed by atoms with Gasteiger partial charge in [-0.1, -0.05) is 42.5 Å². The van der Waals surface area contributed by atoms with Crippen LogP contribution >= 0.6 is 0 Å². The van der Waals surface area contributed by atoms with Crippen LogP contribution < -0.4 is 5.73 Å². The summed E-state index contributed by atoms with van der Waals surface area (Å²) in [7, 11) is 0. The molecule has 2 nitrogen and oxygen atoms in total. The molecular formula is C17H18N2. The molecule has 0 heterocycles. The Kier molecular flexibility index (Phi) is 4.33. The summed E-state index contributed by atoms with van der Waals surface area (Å²) in [6, 6.07) is 20.3. The first-order chi connectivity index (χ1) is 9.20. The Morgan fingerprint density at radius 2 is 1.68 bits per heavy atom. The van der Waals surface area contributed by atoms with Gasteiger partial charge in [0.05, 0.1) is 11.6 Å². The second-order valence-electron chi connectivity index (χ2n) is 4.89. The fourth-order valence-corrected chi connectivity index (χ4v) is 2.28. The third kappa shape index (κ3) is 3.43. The van der Waals surface area contributed by atoms with E-state index in [1.54, 1.807) is 0 Å². The Balaban J connectivity index is 2.20. The Morgan fingerprint density at radius 1 is 1.05 bits per heavy atom. The van der Waals surface area contributed by atoms with Crippen LogP contribution in [-0.4, -0.2) is 6.04 Å². The standard InChI is InChI=1S/C17H18N2/c1-13(19)17(16-5-3-2-4-6-16)11-14-7-9-15(12-18)10-8-14/h2-10,13,17H,11,19H2,1H3. The van der Waals surface area contributed by atoms with Gasteiger partial charge in [0.1, 0.15) is 0 Å². The van der Waals surface area contributed by atoms with Crippen molar-refractivity contribution in [3.8, 4) is 6.07 Å². The normalized spacial score (nSPS) is 13.5. The van der Waals surface area contributed by atoms with Crippen LogP contribution in [0.15, 0.2) is 54.6 Å². The van der Waals surface area contributed by atoms with Crippen molar-refractivity contribution in [1.82, 2.24) is 0 Å². The quantitative estimate of drug-likeness (QED) is 0.905. The highest BCUT2D eigenvalue weighted by atomic mass is 14.6. The van der Waals surface area contributed by atoms with Gasteiger partial charge in [-0.15, -0.1) is 0 Å². The summed E-state index contributed by atoms with van der Waals surface area (Å²) in [6.07, 6.45) is 0.896. The molecule has 0 amide bonds. The van der Waals surface area contributed by atoms with E-state index in [0.29, 0.717) is 11.5 Å². The summed E-state index contributed by atoms with van der Waals surface area (Å²) in [5.74, 6) is 0.300. The second kappa shape index (κ2) is 6.17. The molecule has 2 aromatic carbocycles. The fourth-order valence-electron chi connectivity index (χ4n) is 2.28. The number of nitrogens with zero attached hydrogens (tertiary/aromatic N) is 1. The van der Waals surface area contributed by atoms with Crippen molar-refractivity contribution in [3.63, 3.8) is 0 Å². The Labute approximate surface area is 114 Å². The highest BCUT2D eigenvalue weighted by Gasteiger charge is 2.16. The molecule has 2 atom stereocenters. The minimum absolute atomic E-state index is 0.0954. The molecule has 0 fully saturated rings. The minimum atomic E-state index is 0.0954. The molecule has 2 rings (SSSR count). The molecule has 0 saturated carbocycles. The average molecular weight is 250 g/mol. The first-order valence-electron chi connectivity index (χ1n) is 6.50. The van der Waals surface area contributed by atoms with E-state index in [1.165, 1.54) is 11.1 Å². The van der Waals surface area contributed by atoms with E-state index >= 15 is 0 Å². The predicted octanol–water partition coefficient (Wildman–Crippen LogP) is 3.23. The zero-order valence-corrected chi connectivity index (χ0v) is 11.1. The van der Waals surface area contributed by atoms with Crippen molar-refractivity contribution in [2.75, 3.05) is 0 Å². The van der Waals surface area contributed by atoms with Crippen molar-refractivity contribution >= 4 is 0 Å². The molecule has 0 aromatic heterocycles. The molecule has 0 radical (unpaired) electrons. The third-order valence-electron chi connectivity index (χ3n) is 3.40. The molecule has 2 aromatic rings. The zero-order valence-electron chi connectivity index (χ0n) is 11.1. The highest BCUT2D eigenvalue weighted by molar-refractivity contribution is 5.33. The average Bonchev–Trinajstić information content (AvgIpc) is 2.46. The lowest BCUT2D eigenvalue weighted by Crippen LogP contribution is -2.26. The maximum atomic E-state index is 8.81. The molecule has 0 saturated heterocycles. The smallest absolute Gasteiger partial charge is 0.0991 e. The van der Waals surface area contributed by atoms with Gasteiger partial charge in [0, 0.05) is 12.0 Å². The molecule has 96 valence electrons. The van der Waals surface area contributed by atoms with Gasteiger partial charge in [-0.3, -0.25) is 0 Å². The van der Waals surface area contributed by atoms with Crippen molar-refractivity contribution in [2.45, 2.75) is 25.3 Å². The predicted molar refractivity (Wildman–Crippen MR) is 77.7 cm³/mol. The van der Waals surface area contributed by atoms with E-state index < -0.39 is 0 Å². The molecule has 0 bridgehead atoms. The van der Waals surface area contributed by atoms with Crippen LogP contribution in [0.25, 0.3) is 0 Å². The molecule has 0 spiro atoms. The van der Waals surface area contributed by atoms with Crippen LogP contribution in [0.4, 0.5) is 0 Å². The van der Waals surface area contributed by atoms with Gasteiger partial charge in [-0.05, 0) is 36.6 Å². The van der Waals surface area contributed by atoms with Crippen molar-refractivity contribution < 1.29 is 0 Å². The Hall–Kier alpha value is -2.11. The van der Waals surface area contributed by atoms with Crippen LogP contribution in [0.3, 0.4) is 0 Å². The summed E-state index contributed by atoms with van der Waals surface area (Å²) < 4.78 is 0. The van der Waals surface area contributed by atoms with Gasteiger partial charge in [-0.2, -0.15) is 5.26 Å². The van der Waals surface area contributed by atoms with Gasteiger partial charge >= 0.3 is 0 Å². The Morgan fingerprint density at radius 3 is 2.21 bits per heavy atom. The van der Waals surface area contributed by atoms with Crippen LogP contribution in [-0.2, 0) is 6.42 Å². The van der Waals surface area contributed by atoms with Gasteiger partial charge in [0.25, 0.3) is 0 Å². The SMILES string of the molecule is CC(N)C(Cc1ccc(C#N)cc1)c1ccccc1. The third-order valence-corrected chi connectivity index (χ3v) is 3.40. The largest absolute Gasteiger partial charge is 0.327 e. The molecule has 0 aliphatic heterocycles.